The molecule has 1 saturated carbocycles. The number of carbonyl (C=O) groups is 1. The number of Topliss-reactive ketones (excluding diaryl/α,β-unsaturated/α-hetero) is 1. The van der Waals surface area contributed by atoms with Crippen LogP contribution >= 0.6 is 0 Å². The number of rotatable bonds is 2. The molecule has 0 aliphatic heterocycles. The van der Waals surface area contributed by atoms with E-state index in [0.717, 1.165) is 12.0 Å². The van der Waals surface area contributed by atoms with E-state index in [-0.39, 0.29) is 16.9 Å². The Balaban J connectivity index is 2.29. The van der Waals surface area contributed by atoms with Gasteiger partial charge in [-0.25, -0.2) is 0 Å². The van der Waals surface area contributed by atoms with Gasteiger partial charge in [0.1, 0.15) is 11.7 Å². The lowest BCUT2D eigenvalue weighted by Crippen LogP contribution is -2.42. The maximum absolute atomic E-state index is 12.5. The number of nitriles is 1. The Bertz CT molecular complexity index is 607. The average Bonchev–Trinajstić information content (AvgIpc) is 2.42. The highest BCUT2D eigenvalue weighted by Crippen LogP contribution is 2.47. The van der Waals surface area contributed by atoms with E-state index >= 15 is 0 Å². The molecule has 1 aliphatic carbocycles. The standard InChI is InChI=1S/C18H21NO2/c1-17(2)10-14(11-19)16(21)18(3,12-17)9-8-13-4-6-15(20)7-5-13/h4-9,14,20H,10,12H2,1-3H3/b9-8+. The minimum atomic E-state index is -0.611. The van der Waals surface area contributed by atoms with Gasteiger partial charge in [-0.1, -0.05) is 38.1 Å². The molecule has 1 N–H and O–H groups in total. The number of hydrogen-bond acceptors (Lipinski definition) is 3. The third kappa shape index (κ3) is 3.33. The van der Waals surface area contributed by atoms with Crippen molar-refractivity contribution < 1.29 is 9.90 Å². The van der Waals surface area contributed by atoms with Crippen molar-refractivity contribution in [1.29, 1.82) is 5.26 Å². The molecular formula is C18H21NO2. The quantitative estimate of drug-likeness (QED) is 0.894. The Kier molecular flexibility index (Phi) is 3.91. The molecule has 0 amide bonds. The van der Waals surface area contributed by atoms with Gasteiger partial charge in [-0.15, -0.1) is 0 Å². The lowest BCUT2D eigenvalue weighted by Gasteiger charge is -2.42. The number of hydrogen-bond donors (Lipinski definition) is 1. The second-order valence-electron chi connectivity index (χ2n) is 6.93. The van der Waals surface area contributed by atoms with Gasteiger partial charge in [0.25, 0.3) is 0 Å². The van der Waals surface area contributed by atoms with Crippen molar-refractivity contribution in [3.05, 3.63) is 35.9 Å². The van der Waals surface area contributed by atoms with Gasteiger partial charge < -0.3 is 5.11 Å². The number of phenols is 1. The summed E-state index contributed by atoms with van der Waals surface area (Å²) in [6.07, 6.45) is 5.18. The SMILES string of the molecule is CC1(C)CC(C#N)C(=O)C(C)(/C=C/c2ccc(O)cc2)C1. The van der Waals surface area contributed by atoms with Gasteiger partial charge in [0.2, 0.25) is 0 Å². The van der Waals surface area contributed by atoms with E-state index < -0.39 is 11.3 Å². The van der Waals surface area contributed by atoms with Crippen LogP contribution in [0.25, 0.3) is 6.08 Å². The number of allylic oxidation sites excluding steroid dienone is 1. The average molecular weight is 283 g/mol. The number of aromatic hydroxyl groups is 1. The molecule has 21 heavy (non-hydrogen) atoms. The van der Waals surface area contributed by atoms with Crippen LogP contribution in [0.3, 0.4) is 0 Å². The van der Waals surface area contributed by atoms with Crippen molar-refractivity contribution in [3.63, 3.8) is 0 Å². The first-order chi connectivity index (χ1) is 9.76. The van der Waals surface area contributed by atoms with Crippen molar-refractivity contribution in [1.82, 2.24) is 0 Å². The van der Waals surface area contributed by atoms with E-state index in [1.165, 1.54) is 0 Å². The zero-order valence-corrected chi connectivity index (χ0v) is 12.8. The summed E-state index contributed by atoms with van der Waals surface area (Å²) < 4.78 is 0. The second kappa shape index (κ2) is 5.37. The van der Waals surface area contributed by atoms with E-state index in [1.54, 1.807) is 24.3 Å². The molecule has 1 aromatic rings. The molecule has 2 rings (SSSR count). The van der Waals surface area contributed by atoms with Crippen LogP contribution in [0.1, 0.15) is 39.2 Å². The molecule has 0 saturated heterocycles. The van der Waals surface area contributed by atoms with Gasteiger partial charge in [0.15, 0.2) is 5.78 Å². The van der Waals surface area contributed by atoms with Gasteiger partial charge in [-0.2, -0.15) is 5.26 Å². The molecule has 1 aromatic carbocycles. The summed E-state index contributed by atoms with van der Waals surface area (Å²) in [5.74, 6) is -0.291. The summed E-state index contributed by atoms with van der Waals surface area (Å²) in [7, 11) is 0. The Labute approximate surface area is 125 Å². The second-order valence-corrected chi connectivity index (χ2v) is 6.93. The normalized spacial score (nSPS) is 28.5. The predicted molar refractivity (Wildman–Crippen MR) is 82.4 cm³/mol. The van der Waals surface area contributed by atoms with Crippen LogP contribution in [0.15, 0.2) is 30.3 Å². The molecule has 0 heterocycles. The van der Waals surface area contributed by atoms with E-state index in [1.807, 2.05) is 19.1 Å². The predicted octanol–water partition coefficient (Wildman–Crippen LogP) is 3.94. The molecule has 110 valence electrons. The van der Waals surface area contributed by atoms with Gasteiger partial charge in [0.05, 0.1) is 6.07 Å². The highest BCUT2D eigenvalue weighted by molar-refractivity contribution is 5.92. The van der Waals surface area contributed by atoms with Gasteiger partial charge >= 0.3 is 0 Å². The summed E-state index contributed by atoms with van der Waals surface area (Å²) in [5, 5.41) is 18.5. The van der Waals surface area contributed by atoms with Crippen molar-refractivity contribution in [2.45, 2.75) is 33.6 Å². The Morgan fingerprint density at radius 3 is 2.48 bits per heavy atom. The van der Waals surface area contributed by atoms with E-state index in [4.69, 9.17) is 0 Å². The maximum Gasteiger partial charge on any atom is 0.159 e. The summed E-state index contributed by atoms with van der Waals surface area (Å²) >= 11 is 0. The molecular weight excluding hydrogens is 262 g/mol. The molecule has 0 radical (unpaired) electrons. The zero-order chi connectivity index (χ0) is 15.7. The van der Waals surface area contributed by atoms with Gasteiger partial charge in [-0.05, 0) is 42.9 Å². The highest BCUT2D eigenvalue weighted by atomic mass is 16.3. The van der Waals surface area contributed by atoms with Crippen LogP contribution in [0.5, 0.6) is 5.75 Å². The van der Waals surface area contributed by atoms with Crippen LogP contribution in [0.4, 0.5) is 0 Å². The first kappa shape index (κ1) is 15.3. The third-order valence-electron chi connectivity index (χ3n) is 4.17. The van der Waals surface area contributed by atoms with E-state index in [2.05, 4.69) is 19.9 Å². The molecule has 1 fully saturated rings. The smallest absolute Gasteiger partial charge is 0.159 e. The first-order valence-corrected chi connectivity index (χ1v) is 7.18. The number of nitrogens with zero attached hydrogens (tertiary/aromatic N) is 1. The fourth-order valence-corrected chi connectivity index (χ4v) is 3.31. The molecule has 0 bridgehead atoms. The third-order valence-corrected chi connectivity index (χ3v) is 4.17. The Morgan fingerprint density at radius 2 is 1.90 bits per heavy atom. The minimum absolute atomic E-state index is 0.0133. The van der Waals surface area contributed by atoms with Crippen molar-refractivity contribution in [3.8, 4) is 11.8 Å². The molecule has 1 aliphatic rings. The Morgan fingerprint density at radius 1 is 1.29 bits per heavy atom. The molecule has 0 aromatic heterocycles. The number of ketones is 1. The Hall–Kier alpha value is -2.08. The van der Waals surface area contributed by atoms with Crippen LogP contribution in [-0.2, 0) is 4.79 Å². The first-order valence-electron chi connectivity index (χ1n) is 7.18. The summed E-state index contributed by atoms with van der Waals surface area (Å²) in [6.45, 7) is 6.13. The molecule has 0 spiro atoms. The van der Waals surface area contributed by atoms with E-state index in [9.17, 15) is 15.2 Å². The van der Waals surface area contributed by atoms with Crippen LogP contribution < -0.4 is 0 Å². The molecule has 3 heteroatoms. The fraction of sp³-hybridized carbons (Fsp3) is 0.444. The van der Waals surface area contributed by atoms with Crippen LogP contribution in [0, 0.1) is 28.1 Å². The van der Waals surface area contributed by atoms with Crippen molar-refractivity contribution in [2.24, 2.45) is 16.7 Å². The highest BCUT2D eigenvalue weighted by Gasteiger charge is 2.46. The van der Waals surface area contributed by atoms with Gasteiger partial charge in [0, 0.05) is 5.41 Å². The fourth-order valence-electron chi connectivity index (χ4n) is 3.31. The van der Waals surface area contributed by atoms with Crippen LogP contribution in [-0.4, -0.2) is 10.9 Å². The molecule has 3 nitrogen and oxygen atoms in total. The number of carbonyl (C=O) groups excluding carboxylic acids is 1. The van der Waals surface area contributed by atoms with Crippen LogP contribution in [0.2, 0.25) is 0 Å². The summed E-state index contributed by atoms with van der Waals surface area (Å²) in [6, 6.07) is 8.99. The molecule has 2 atom stereocenters. The zero-order valence-electron chi connectivity index (χ0n) is 12.8. The monoisotopic (exact) mass is 283 g/mol. The molecule has 2 unspecified atom stereocenters. The summed E-state index contributed by atoms with van der Waals surface area (Å²) in [5.41, 5.74) is 0.293. The largest absolute Gasteiger partial charge is 0.508 e. The maximum atomic E-state index is 12.5. The van der Waals surface area contributed by atoms with Gasteiger partial charge in [-0.3, -0.25) is 4.79 Å². The summed E-state index contributed by atoms with van der Waals surface area (Å²) in [4.78, 5) is 12.5. The van der Waals surface area contributed by atoms with E-state index in [0.29, 0.717) is 6.42 Å². The lowest BCUT2D eigenvalue weighted by atomic mass is 9.60. The van der Waals surface area contributed by atoms with Crippen molar-refractivity contribution >= 4 is 11.9 Å². The minimum Gasteiger partial charge on any atom is -0.508 e. The topological polar surface area (TPSA) is 61.1 Å². The van der Waals surface area contributed by atoms with Crippen molar-refractivity contribution in [2.75, 3.05) is 0 Å². The number of phenolic OH excluding ortho intramolecular Hbond substituents is 1. The lowest BCUT2D eigenvalue weighted by molar-refractivity contribution is -0.134. The number of benzene rings is 1.